The summed E-state index contributed by atoms with van der Waals surface area (Å²) in [5, 5.41) is 4.77. The van der Waals surface area contributed by atoms with Crippen molar-refractivity contribution in [3.05, 3.63) is 70.1 Å². The van der Waals surface area contributed by atoms with Gasteiger partial charge in [-0.1, -0.05) is 42.5 Å². The number of rotatable bonds is 5. The van der Waals surface area contributed by atoms with Crippen LogP contribution < -0.4 is 10.2 Å². The largest absolute Gasteiger partial charge is 0.462 e. The quantitative estimate of drug-likeness (QED) is 0.346. The predicted octanol–water partition coefficient (Wildman–Crippen LogP) is 6.04. The van der Waals surface area contributed by atoms with Gasteiger partial charge in [0.05, 0.1) is 6.61 Å². The van der Waals surface area contributed by atoms with Gasteiger partial charge >= 0.3 is 5.97 Å². The Hall–Kier alpha value is -2.90. The summed E-state index contributed by atoms with van der Waals surface area (Å²) >= 11 is 7.34. The van der Waals surface area contributed by atoms with Gasteiger partial charge in [0.1, 0.15) is 10.6 Å². The number of anilines is 2. The Morgan fingerprint density at radius 2 is 1.74 bits per heavy atom. The molecule has 1 fully saturated rings. The second-order valence-electron chi connectivity index (χ2n) is 8.45. The van der Waals surface area contributed by atoms with Gasteiger partial charge in [-0.25, -0.2) is 4.79 Å². The summed E-state index contributed by atoms with van der Waals surface area (Å²) in [6, 6.07) is 16.4. The number of thiocarbonyl (C=S) groups is 1. The monoisotopic (exact) mass is 493 g/mol. The molecule has 0 atom stereocenters. The van der Waals surface area contributed by atoms with Gasteiger partial charge in [0.25, 0.3) is 0 Å². The van der Waals surface area contributed by atoms with Crippen molar-refractivity contribution in [2.24, 2.45) is 0 Å². The third kappa shape index (κ3) is 4.95. The fourth-order valence-electron chi connectivity index (χ4n) is 4.39. The molecule has 1 N–H and O–H groups in total. The number of ether oxygens (including phenoxy) is 1. The lowest BCUT2D eigenvalue weighted by Gasteiger charge is -2.38. The Morgan fingerprint density at radius 1 is 1.03 bits per heavy atom. The number of esters is 1. The molecule has 0 saturated carbocycles. The standard InChI is InChI=1S/C27H31N3O2S2/c1-5-32-26(31)24-23(21-11-7-6-8-12-21)20(4)34-25(24)28-27(33)30-16-14-29(15-17-30)22-13-9-10-18(2)19(22)3/h6-13H,5,14-17H2,1-4H3,(H,28,33). The van der Waals surface area contributed by atoms with Crippen molar-refractivity contribution in [1.29, 1.82) is 0 Å². The number of benzene rings is 2. The second kappa shape index (κ2) is 10.6. The number of hydrogen-bond acceptors (Lipinski definition) is 5. The maximum Gasteiger partial charge on any atom is 0.341 e. The molecule has 178 valence electrons. The van der Waals surface area contributed by atoms with Crippen molar-refractivity contribution < 1.29 is 9.53 Å². The molecule has 0 aliphatic carbocycles. The molecular formula is C27H31N3O2S2. The summed E-state index contributed by atoms with van der Waals surface area (Å²) in [7, 11) is 0. The average molecular weight is 494 g/mol. The lowest BCUT2D eigenvalue weighted by molar-refractivity contribution is 0.0529. The molecule has 7 heteroatoms. The summed E-state index contributed by atoms with van der Waals surface area (Å²) in [5.74, 6) is -0.323. The topological polar surface area (TPSA) is 44.8 Å². The lowest BCUT2D eigenvalue weighted by atomic mass is 10.0. The third-order valence-corrected chi connectivity index (χ3v) is 7.71. The molecule has 0 radical (unpaired) electrons. The molecule has 2 aromatic carbocycles. The summed E-state index contributed by atoms with van der Waals surface area (Å²) in [4.78, 5) is 18.6. The molecule has 0 unspecified atom stereocenters. The van der Waals surface area contributed by atoms with E-state index in [0.717, 1.165) is 47.2 Å². The van der Waals surface area contributed by atoms with Gasteiger partial charge in [0.2, 0.25) is 0 Å². The molecule has 0 amide bonds. The minimum absolute atomic E-state index is 0.323. The van der Waals surface area contributed by atoms with Crippen LogP contribution in [-0.4, -0.2) is 48.8 Å². The van der Waals surface area contributed by atoms with Crippen LogP contribution in [0.1, 0.15) is 33.3 Å². The first kappa shape index (κ1) is 24.2. The van der Waals surface area contributed by atoms with Gasteiger partial charge in [-0.2, -0.15) is 0 Å². The summed E-state index contributed by atoms with van der Waals surface area (Å²) < 4.78 is 5.42. The van der Waals surface area contributed by atoms with Gasteiger partial charge in [0, 0.05) is 42.3 Å². The zero-order valence-corrected chi connectivity index (χ0v) is 21.8. The molecule has 0 spiro atoms. The zero-order chi connectivity index (χ0) is 24.2. The number of aryl methyl sites for hydroxylation is 2. The number of carbonyl (C=O) groups is 1. The minimum atomic E-state index is -0.323. The first-order valence-corrected chi connectivity index (χ1v) is 12.9. The second-order valence-corrected chi connectivity index (χ2v) is 10.1. The third-order valence-electron chi connectivity index (χ3n) is 6.33. The summed E-state index contributed by atoms with van der Waals surface area (Å²) in [6.45, 7) is 12.0. The SMILES string of the molecule is CCOC(=O)c1c(NC(=S)N2CCN(c3cccc(C)c3C)CC2)sc(C)c1-c1ccccc1. The van der Waals surface area contributed by atoms with Gasteiger partial charge in [-0.15, -0.1) is 11.3 Å². The summed E-state index contributed by atoms with van der Waals surface area (Å²) in [6.07, 6.45) is 0. The van der Waals surface area contributed by atoms with Crippen molar-refractivity contribution in [3.8, 4) is 11.1 Å². The highest BCUT2D eigenvalue weighted by atomic mass is 32.1. The number of piperazine rings is 1. The van der Waals surface area contributed by atoms with E-state index in [1.807, 2.05) is 44.2 Å². The van der Waals surface area contributed by atoms with Gasteiger partial charge in [-0.3, -0.25) is 0 Å². The minimum Gasteiger partial charge on any atom is -0.462 e. The number of thiophene rings is 1. The van der Waals surface area contributed by atoms with E-state index < -0.39 is 0 Å². The van der Waals surface area contributed by atoms with Gasteiger partial charge in [-0.05, 0) is 62.7 Å². The fourth-order valence-corrected chi connectivity index (χ4v) is 5.80. The Kier molecular flexibility index (Phi) is 7.54. The van der Waals surface area contributed by atoms with Crippen LogP contribution in [0, 0.1) is 20.8 Å². The Labute approximate surface area is 211 Å². The maximum atomic E-state index is 13.0. The van der Waals surface area contributed by atoms with E-state index in [9.17, 15) is 4.79 Å². The van der Waals surface area contributed by atoms with Crippen LogP contribution in [-0.2, 0) is 4.74 Å². The van der Waals surface area contributed by atoms with E-state index in [2.05, 4.69) is 47.2 Å². The first-order chi connectivity index (χ1) is 16.4. The molecule has 1 saturated heterocycles. The highest BCUT2D eigenvalue weighted by Crippen LogP contribution is 2.40. The van der Waals surface area contributed by atoms with Crippen molar-refractivity contribution in [1.82, 2.24) is 4.90 Å². The van der Waals surface area contributed by atoms with Crippen molar-refractivity contribution in [3.63, 3.8) is 0 Å². The molecule has 2 heterocycles. The van der Waals surface area contributed by atoms with Crippen LogP contribution >= 0.6 is 23.6 Å². The highest BCUT2D eigenvalue weighted by Gasteiger charge is 2.27. The molecule has 3 aromatic rings. The molecule has 0 bridgehead atoms. The predicted molar refractivity (Wildman–Crippen MR) is 146 cm³/mol. The zero-order valence-electron chi connectivity index (χ0n) is 20.2. The first-order valence-electron chi connectivity index (χ1n) is 11.6. The van der Waals surface area contributed by atoms with Crippen LogP contribution in [0.2, 0.25) is 0 Å². The molecule has 1 aromatic heterocycles. The van der Waals surface area contributed by atoms with Crippen molar-refractivity contribution >= 4 is 45.3 Å². The molecule has 5 nitrogen and oxygen atoms in total. The van der Waals surface area contributed by atoms with Crippen LogP contribution in [0.5, 0.6) is 0 Å². The van der Waals surface area contributed by atoms with E-state index >= 15 is 0 Å². The van der Waals surface area contributed by atoms with Crippen LogP contribution in [0.15, 0.2) is 48.5 Å². The average Bonchev–Trinajstić information content (AvgIpc) is 3.17. The Bertz CT molecular complexity index is 1180. The molecular weight excluding hydrogens is 462 g/mol. The maximum absolute atomic E-state index is 13.0. The van der Waals surface area contributed by atoms with E-state index in [4.69, 9.17) is 17.0 Å². The van der Waals surface area contributed by atoms with Crippen molar-refractivity contribution in [2.75, 3.05) is 43.0 Å². The normalized spacial score (nSPS) is 13.6. The van der Waals surface area contributed by atoms with Gasteiger partial charge in [0.15, 0.2) is 5.11 Å². The highest BCUT2D eigenvalue weighted by molar-refractivity contribution is 7.80. The Balaban J connectivity index is 1.52. The van der Waals surface area contributed by atoms with Crippen LogP contribution in [0.3, 0.4) is 0 Å². The van der Waals surface area contributed by atoms with E-state index in [-0.39, 0.29) is 5.97 Å². The number of hydrogen-bond donors (Lipinski definition) is 1. The van der Waals surface area contributed by atoms with Gasteiger partial charge < -0.3 is 19.9 Å². The van der Waals surface area contributed by atoms with E-state index in [1.165, 1.54) is 16.8 Å². The Morgan fingerprint density at radius 3 is 2.41 bits per heavy atom. The van der Waals surface area contributed by atoms with Crippen LogP contribution in [0.4, 0.5) is 10.7 Å². The summed E-state index contributed by atoms with van der Waals surface area (Å²) in [5.41, 5.74) is 6.41. The van der Waals surface area contributed by atoms with E-state index in [1.54, 1.807) is 11.3 Å². The number of carbonyl (C=O) groups excluding carboxylic acids is 1. The number of nitrogens with zero attached hydrogens (tertiary/aromatic N) is 2. The smallest absolute Gasteiger partial charge is 0.341 e. The molecule has 1 aliphatic rings. The van der Waals surface area contributed by atoms with Crippen LogP contribution in [0.25, 0.3) is 11.1 Å². The molecule has 34 heavy (non-hydrogen) atoms. The van der Waals surface area contributed by atoms with Crippen molar-refractivity contribution in [2.45, 2.75) is 27.7 Å². The lowest BCUT2D eigenvalue weighted by Crippen LogP contribution is -2.50. The fraction of sp³-hybridized carbons (Fsp3) is 0.333. The number of nitrogens with one attached hydrogen (secondary N) is 1. The molecule has 1 aliphatic heterocycles. The van der Waals surface area contributed by atoms with E-state index in [0.29, 0.717) is 17.3 Å². The molecule has 4 rings (SSSR count).